The van der Waals surface area contributed by atoms with Gasteiger partial charge in [-0.2, -0.15) is 10.2 Å². The van der Waals surface area contributed by atoms with Gasteiger partial charge in [0.15, 0.2) is 0 Å². The summed E-state index contributed by atoms with van der Waals surface area (Å²) in [5, 5.41) is 14.6. The number of hydrazine groups is 1. The van der Waals surface area contributed by atoms with Crippen LogP contribution < -0.4 is 11.2 Å². The van der Waals surface area contributed by atoms with E-state index in [0.717, 1.165) is 12.8 Å². The first-order chi connectivity index (χ1) is 7.64. The molecular formula is C9H15N5O2. The van der Waals surface area contributed by atoms with Crippen molar-refractivity contribution in [2.45, 2.75) is 25.0 Å². The Morgan fingerprint density at radius 1 is 1.56 bits per heavy atom. The van der Waals surface area contributed by atoms with Gasteiger partial charge in [-0.3, -0.25) is 16.1 Å². The van der Waals surface area contributed by atoms with Gasteiger partial charge in [-0.05, 0) is 18.9 Å². The number of amides is 1. The smallest absolute Gasteiger partial charge is 0.410 e. The van der Waals surface area contributed by atoms with Gasteiger partial charge in [0.05, 0.1) is 6.21 Å². The van der Waals surface area contributed by atoms with Gasteiger partial charge in [0, 0.05) is 19.2 Å². The molecule has 1 amide bonds. The van der Waals surface area contributed by atoms with Gasteiger partial charge in [-0.25, -0.2) is 4.79 Å². The summed E-state index contributed by atoms with van der Waals surface area (Å²) >= 11 is 0. The predicted molar refractivity (Wildman–Crippen MR) is 58.1 cm³/mol. The first-order valence-electron chi connectivity index (χ1n) is 5.19. The largest absolute Gasteiger partial charge is 0.465 e. The Bertz CT molecular complexity index is 343. The Labute approximate surface area is 93.2 Å². The summed E-state index contributed by atoms with van der Waals surface area (Å²) in [6.45, 7) is 0.434. The number of carbonyl (C=O) groups is 1. The molecule has 0 spiro atoms. The predicted octanol–water partition coefficient (Wildman–Crippen LogP) is 0.0825. The van der Waals surface area contributed by atoms with E-state index in [1.807, 2.05) is 0 Å². The van der Waals surface area contributed by atoms with Crippen LogP contribution in [-0.2, 0) is 0 Å². The molecule has 0 radical (unpaired) electrons. The number of likely N-dealkylation sites (tertiary alicyclic amines) is 1. The van der Waals surface area contributed by atoms with Crippen LogP contribution in [0.5, 0.6) is 0 Å². The minimum Gasteiger partial charge on any atom is -0.465 e. The number of allylic oxidation sites excluding steroid dienone is 1. The van der Waals surface area contributed by atoms with Crippen LogP contribution in [0.3, 0.4) is 0 Å². The number of hydrazone groups is 1. The molecular weight excluding hydrogens is 210 g/mol. The first kappa shape index (κ1) is 10.7. The molecule has 0 aromatic rings. The van der Waals surface area contributed by atoms with Crippen LogP contribution in [0.4, 0.5) is 4.79 Å². The third-order valence-electron chi connectivity index (χ3n) is 2.80. The fourth-order valence-corrected chi connectivity index (χ4v) is 1.97. The summed E-state index contributed by atoms with van der Waals surface area (Å²) in [6.07, 6.45) is 6.20. The molecule has 1 saturated heterocycles. The normalized spacial score (nSPS) is 29.1. The summed E-state index contributed by atoms with van der Waals surface area (Å²) in [4.78, 5) is 12.4. The summed E-state index contributed by atoms with van der Waals surface area (Å²) in [5.41, 5.74) is 8.98. The van der Waals surface area contributed by atoms with Gasteiger partial charge in [0.2, 0.25) is 5.79 Å². The molecule has 7 heteroatoms. The lowest BCUT2D eigenvalue weighted by molar-refractivity contribution is -0.0848. The Balaban J connectivity index is 2.22. The Morgan fingerprint density at radius 2 is 2.38 bits per heavy atom. The summed E-state index contributed by atoms with van der Waals surface area (Å²) in [6, 6.07) is 0. The zero-order valence-electron chi connectivity index (χ0n) is 8.83. The monoisotopic (exact) mass is 225 g/mol. The molecule has 1 unspecified atom stereocenters. The average Bonchev–Trinajstić information content (AvgIpc) is 2.30. The van der Waals surface area contributed by atoms with E-state index in [4.69, 9.17) is 10.8 Å². The van der Waals surface area contributed by atoms with Crippen LogP contribution in [-0.4, -0.2) is 39.8 Å². The molecule has 4 N–H and O–H groups in total. The second-order valence-corrected chi connectivity index (χ2v) is 3.83. The highest BCUT2D eigenvalue weighted by molar-refractivity contribution is 5.71. The molecule has 0 aliphatic carbocycles. The maximum absolute atomic E-state index is 11.1. The summed E-state index contributed by atoms with van der Waals surface area (Å²) < 4.78 is 0. The number of nitrogens with one attached hydrogen (secondary N) is 1. The number of hydrogen-bond donors (Lipinski definition) is 3. The minimum atomic E-state index is -1.11. The second kappa shape index (κ2) is 4.01. The molecule has 1 atom stereocenters. The molecule has 2 rings (SSSR count). The Hall–Kier alpha value is -1.76. The number of nitrogens with zero attached hydrogens (tertiary/aromatic N) is 3. The van der Waals surface area contributed by atoms with Crippen LogP contribution in [0, 0.1) is 0 Å². The van der Waals surface area contributed by atoms with Crippen molar-refractivity contribution in [3.8, 4) is 0 Å². The van der Waals surface area contributed by atoms with Crippen molar-refractivity contribution in [3.63, 3.8) is 0 Å². The van der Waals surface area contributed by atoms with Crippen LogP contribution in [0.1, 0.15) is 19.3 Å². The van der Waals surface area contributed by atoms with Crippen molar-refractivity contribution in [2.75, 3.05) is 6.54 Å². The van der Waals surface area contributed by atoms with Crippen molar-refractivity contribution in [1.82, 2.24) is 15.4 Å². The highest BCUT2D eigenvalue weighted by Crippen LogP contribution is 2.26. The topological polar surface area (TPSA) is 94.2 Å². The number of carboxylic acid groups (broad SMARTS) is 1. The van der Waals surface area contributed by atoms with Crippen LogP contribution >= 0.6 is 0 Å². The first-order valence-corrected chi connectivity index (χ1v) is 5.19. The molecule has 7 nitrogen and oxygen atoms in total. The lowest BCUT2D eigenvalue weighted by Gasteiger charge is -2.47. The molecule has 2 heterocycles. The summed E-state index contributed by atoms with van der Waals surface area (Å²) in [7, 11) is 0. The number of rotatable bonds is 1. The highest BCUT2D eigenvalue weighted by Gasteiger charge is 2.44. The van der Waals surface area contributed by atoms with E-state index in [9.17, 15) is 4.79 Å². The third kappa shape index (κ3) is 1.69. The second-order valence-electron chi connectivity index (χ2n) is 3.83. The molecule has 2 aliphatic rings. The van der Waals surface area contributed by atoms with Crippen molar-refractivity contribution >= 4 is 12.3 Å². The van der Waals surface area contributed by atoms with Crippen molar-refractivity contribution in [3.05, 3.63) is 12.3 Å². The maximum atomic E-state index is 11.1. The van der Waals surface area contributed by atoms with Crippen molar-refractivity contribution in [2.24, 2.45) is 10.8 Å². The average molecular weight is 225 g/mol. The molecule has 88 valence electrons. The number of nitrogens with two attached hydrogens (primary N) is 1. The van der Waals surface area contributed by atoms with Crippen LogP contribution in [0.2, 0.25) is 0 Å². The fourth-order valence-electron chi connectivity index (χ4n) is 1.97. The lowest BCUT2D eigenvalue weighted by Crippen LogP contribution is -2.70. The van der Waals surface area contributed by atoms with E-state index in [2.05, 4.69) is 10.5 Å². The molecule has 2 aliphatic heterocycles. The quantitative estimate of drug-likeness (QED) is 0.587. The van der Waals surface area contributed by atoms with Gasteiger partial charge in [0.25, 0.3) is 0 Å². The number of hydrogen-bond acceptors (Lipinski definition) is 5. The maximum Gasteiger partial charge on any atom is 0.410 e. The van der Waals surface area contributed by atoms with Gasteiger partial charge in [-0.15, -0.1) is 0 Å². The molecule has 0 bridgehead atoms. The van der Waals surface area contributed by atoms with Gasteiger partial charge in [-0.1, -0.05) is 0 Å². The molecule has 0 aromatic carbocycles. The molecule has 0 saturated carbocycles. The zero-order chi connectivity index (χ0) is 11.6. The molecule has 0 aromatic heterocycles. The van der Waals surface area contributed by atoms with Gasteiger partial charge < -0.3 is 5.11 Å². The third-order valence-corrected chi connectivity index (χ3v) is 2.80. The van der Waals surface area contributed by atoms with E-state index >= 15 is 0 Å². The Morgan fingerprint density at radius 3 is 3.00 bits per heavy atom. The van der Waals surface area contributed by atoms with Crippen LogP contribution in [0.25, 0.3) is 0 Å². The highest BCUT2D eigenvalue weighted by atomic mass is 16.4. The standard InChI is InChI=1S/C9H15N5O2/c10-9(14-11-5-3-6-12-14)4-1-2-7-13(9)8(15)16/h3,5-6,11H,1-2,4,7,10H2,(H,15,16). The summed E-state index contributed by atoms with van der Waals surface area (Å²) in [5.74, 6) is -1.11. The van der Waals surface area contributed by atoms with Crippen LogP contribution in [0.15, 0.2) is 17.4 Å². The number of piperidine rings is 1. The van der Waals surface area contributed by atoms with Crippen molar-refractivity contribution in [1.29, 1.82) is 0 Å². The molecule has 1 fully saturated rings. The van der Waals surface area contributed by atoms with E-state index < -0.39 is 11.9 Å². The fraction of sp³-hybridized carbons (Fsp3) is 0.556. The van der Waals surface area contributed by atoms with E-state index in [-0.39, 0.29) is 0 Å². The molecule has 16 heavy (non-hydrogen) atoms. The van der Waals surface area contributed by atoms with Gasteiger partial charge >= 0.3 is 6.09 Å². The SMILES string of the molecule is NC1(N2N=CC=CN2)CCCCN1C(=O)O. The van der Waals surface area contributed by atoms with Gasteiger partial charge in [0.1, 0.15) is 0 Å². The zero-order valence-corrected chi connectivity index (χ0v) is 8.83. The van der Waals surface area contributed by atoms with E-state index in [1.165, 1.54) is 10.0 Å². The van der Waals surface area contributed by atoms with E-state index in [1.54, 1.807) is 18.5 Å². The Kier molecular flexibility index (Phi) is 2.69. The minimum absolute atomic E-state index is 0.434. The lowest BCUT2D eigenvalue weighted by atomic mass is 10.0. The van der Waals surface area contributed by atoms with Crippen molar-refractivity contribution < 1.29 is 9.90 Å². The van der Waals surface area contributed by atoms with E-state index in [0.29, 0.717) is 13.0 Å².